The van der Waals surface area contributed by atoms with Gasteiger partial charge in [0.15, 0.2) is 0 Å². The first kappa shape index (κ1) is 11.9. The van der Waals surface area contributed by atoms with E-state index in [0.717, 1.165) is 20.6 Å². The van der Waals surface area contributed by atoms with E-state index in [2.05, 4.69) is 0 Å². The molecule has 11 heavy (non-hydrogen) atoms. The standard InChI is InChI=1S/C7H5Cl2.BrH.Zn/c1-5-6(8)3-2-4-7(5)9;;/h2-4H,1H2;1H;. The summed E-state index contributed by atoms with van der Waals surface area (Å²) in [6.07, 6.45) is 0. The molecule has 0 saturated heterocycles. The Hall–Kier alpha value is 0.903. The summed E-state index contributed by atoms with van der Waals surface area (Å²) in [5.41, 5.74) is 1.09. The zero-order valence-corrected chi connectivity index (χ0v) is 12.0. The van der Waals surface area contributed by atoms with Gasteiger partial charge in [-0.25, -0.2) is 0 Å². The molecule has 1 rings (SSSR count). The third kappa shape index (κ3) is 3.02. The molecular weight excluding hydrogens is 300 g/mol. The second-order valence-electron chi connectivity index (χ2n) is 1.95. The normalized spacial score (nSPS) is 9.09. The van der Waals surface area contributed by atoms with Crippen LogP contribution < -0.4 is 0 Å². The molecule has 0 N–H and O–H groups in total. The Morgan fingerprint density at radius 3 is 1.91 bits per heavy atom. The summed E-state index contributed by atoms with van der Waals surface area (Å²) in [6, 6.07) is 5.61. The molecule has 0 radical (unpaired) electrons. The minimum absolute atomic E-state index is 0. The number of hydrogen-bond acceptors (Lipinski definition) is 0. The molecule has 4 heteroatoms. The van der Waals surface area contributed by atoms with Gasteiger partial charge in [0.25, 0.3) is 0 Å². The predicted octanol–water partition coefficient (Wildman–Crippen LogP) is 3.62. The van der Waals surface area contributed by atoms with E-state index in [9.17, 15) is 0 Å². The van der Waals surface area contributed by atoms with Crippen LogP contribution in [0.5, 0.6) is 0 Å². The summed E-state index contributed by atoms with van der Waals surface area (Å²) in [7, 11) is 0. The van der Waals surface area contributed by atoms with Crippen LogP contribution in [0.3, 0.4) is 0 Å². The van der Waals surface area contributed by atoms with Crippen LogP contribution in [0, 0.1) is 0 Å². The van der Waals surface area contributed by atoms with E-state index < -0.39 is 0 Å². The van der Waals surface area contributed by atoms with Crippen LogP contribution in [0.15, 0.2) is 18.2 Å². The summed E-state index contributed by atoms with van der Waals surface area (Å²) in [5.74, 6) is 0. The van der Waals surface area contributed by atoms with Crippen molar-refractivity contribution in [2.24, 2.45) is 0 Å². The second-order valence-corrected chi connectivity index (χ2v) is 3.81. The molecule has 0 aliphatic rings. The first-order chi connectivity index (χ1) is 4.75. The Balaban J connectivity index is 0.000001000. The number of benzene rings is 1. The van der Waals surface area contributed by atoms with Crippen molar-refractivity contribution in [2.75, 3.05) is 0 Å². The fourth-order valence-electron chi connectivity index (χ4n) is 0.771. The van der Waals surface area contributed by atoms with Crippen molar-refractivity contribution in [3.05, 3.63) is 33.8 Å². The van der Waals surface area contributed by atoms with E-state index in [0.29, 0.717) is 0 Å². The fourth-order valence-corrected chi connectivity index (χ4v) is 3.15. The van der Waals surface area contributed by atoms with Crippen LogP contribution in [0.25, 0.3) is 0 Å². The van der Waals surface area contributed by atoms with Crippen molar-refractivity contribution in [1.29, 1.82) is 0 Å². The van der Waals surface area contributed by atoms with Gasteiger partial charge >= 0.3 is 80.3 Å². The zero-order chi connectivity index (χ0) is 7.56. The molecule has 1 aromatic carbocycles. The van der Waals surface area contributed by atoms with Crippen LogP contribution >= 0.6 is 40.2 Å². The molecule has 0 atom stereocenters. The fraction of sp³-hybridized carbons (Fsp3) is 0.143. The monoisotopic (exact) mass is 303 g/mol. The first-order valence-corrected chi connectivity index (χ1v) is 5.83. The van der Waals surface area contributed by atoms with Crippen molar-refractivity contribution in [3.8, 4) is 0 Å². The summed E-state index contributed by atoms with van der Waals surface area (Å²) in [6.45, 7) is 0. The first-order valence-electron chi connectivity index (χ1n) is 2.98. The van der Waals surface area contributed by atoms with Gasteiger partial charge in [0.05, 0.1) is 0 Å². The Kier molecular flexibility index (Phi) is 5.99. The molecule has 0 bridgehead atoms. The van der Waals surface area contributed by atoms with E-state index in [1.54, 1.807) is 0 Å². The van der Waals surface area contributed by atoms with Crippen LogP contribution in [0.1, 0.15) is 5.56 Å². The van der Waals surface area contributed by atoms with Crippen molar-refractivity contribution in [3.63, 3.8) is 0 Å². The van der Waals surface area contributed by atoms with E-state index in [-0.39, 0.29) is 17.0 Å². The predicted molar refractivity (Wildman–Crippen MR) is 50.5 cm³/mol. The maximum atomic E-state index is 5.87. The third-order valence-electron chi connectivity index (χ3n) is 1.31. The molecule has 0 spiro atoms. The second kappa shape index (κ2) is 5.53. The molecule has 1 aromatic rings. The molecular formula is C7H6BrCl2Zn. The van der Waals surface area contributed by atoms with E-state index in [4.69, 9.17) is 23.2 Å². The van der Waals surface area contributed by atoms with Crippen molar-refractivity contribution in [2.45, 2.75) is 5.02 Å². The van der Waals surface area contributed by atoms with Gasteiger partial charge < -0.3 is 0 Å². The molecule has 0 fully saturated rings. The number of hydrogen-bond donors (Lipinski definition) is 0. The van der Waals surface area contributed by atoms with E-state index in [1.165, 1.54) is 18.3 Å². The molecule has 57 valence electrons. The van der Waals surface area contributed by atoms with Crippen molar-refractivity contribution < 1.29 is 18.3 Å². The van der Waals surface area contributed by atoms with Crippen LogP contribution in [0.4, 0.5) is 0 Å². The Bertz CT molecular complexity index is 220. The van der Waals surface area contributed by atoms with Crippen LogP contribution in [-0.4, -0.2) is 0 Å². The van der Waals surface area contributed by atoms with Crippen molar-refractivity contribution in [1.82, 2.24) is 0 Å². The SMILES string of the molecule is Br.Clc1cccc(Cl)c1[CH2][Zn]. The molecule has 0 saturated carbocycles. The summed E-state index contributed by atoms with van der Waals surface area (Å²) < 4.78 is 0. The van der Waals surface area contributed by atoms with Gasteiger partial charge in [0.1, 0.15) is 0 Å². The molecule has 0 aromatic heterocycles. The van der Waals surface area contributed by atoms with Gasteiger partial charge in [-0.05, 0) is 0 Å². The van der Waals surface area contributed by atoms with Crippen LogP contribution in [-0.2, 0) is 23.3 Å². The quantitative estimate of drug-likeness (QED) is 0.695. The average molecular weight is 306 g/mol. The van der Waals surface area contributed by atoms with Gasteiger partial charge in [-0.15, -0.1) is 17.0 Å². The van der Waals surface area contributed by atoms with Gasteiger partial charge in [-0.3, -0.25) is 0 Å². The Morgan fingerprint density at radius 1 is 1.18 bits per heavy atom. The van der Waals surface area contributed by atoms with Gasteiger partial charge in [-0.2, -0.15) is 0 Å². The number of rotatable bonds is 1. The van der Waals surface area contributed by atoms with Crippen molar-refractivity contribution >= 4 is 40.2 Å². The minimum atomic E-state index is 0. The number of halogens is 3. The third-order valence-corrected chi connectivity index (χ3v) is 3.07. The molecule has 0 aliphatic carbocycles. The molecule has 0 amide bonds. The Labute approximate surface area is 96.7 Å². The average Bonchev–Trinajstić information content (AvgIpc) is 1.88. The summed E-state index contributed by atoms with van der Waals surface area (Å²) in [5, 5.41) is 2.59. The van der Waals surface area contributed by atoms with E-state index >= 15 is 0 Å². The van der Waals surface area contributed by atoms with Gasteiger partial charge in [0, 0.05) is 0 Å². The van der Waals surface area contributed by atoms with Gasteiger partial charge in [-0.1, -0.05) is 0 Å². The zero-order valence-electron chi connectivity index (χ0n) is 5.81. The molecule has 0 heterocycles. The van der Waals surface area contributed by atoms with Gasteiger partial charge in [0.2, 0.25) is 0 Å². The molecule has 0 nitrogen and oxygen atoms in total. The Morgan fingerprint density at radius 2 is 1.64 bits per heavy atom. The molecule has 0 unspecified atom stereocenters. The van der Waals surface area contributed by atoms with Crippen LogP contribution in [0.2, 0.25) is 10.0 Å². The summed E-state index contributed by atoms with van der Waals surface area (Å²) in [4.78, 5) is 0. The van der Waals surface area contributed by atoms with E-state index in [1.807, 2.05) is 18.2 Å². The topological polar surface area (TPSA) is 0 Å². The molecule has 0 aliphatic heterocycles. The summed E-state index contributed by atoms with van der Waals surface area (Å²) >= 11 is 12.9. The maximum absolute atomic E-state index is 5.87.